The number of nitrogens with zero attached hydrogens (tertiary/aromatic N) is 3. The lowest BCUT2D eigenvalue weighted by atomic mass is 10.0. The van der Waals surface area contributed by atoms with Crippen molar-refractivity contribution in [3.8, 4) is 0 Å². The molecule has 1 aliphatic rings. The molecule has 0 atom stereocenters. The lowest BCUT2D eigenvalue weighted by Crippen LogP contribution is -2.48. The molecular formula is C23H34IN5. The van der Waals surface area contributed by atoms with Crippen molar-refractivity contribution in [2.75, 3.05) is 26.7 Å². The van der Waals surface area contributed by atoms with Crippen LogP contribution in [0.1, 0.15) is 35.2 Å². The average Bonchev–Trinajstić information content (AvgIpc) is 2.68. The Morgan fingerprint density at radius 1 is 1.14 bits per heavy atom. The largest absolute Gasteiger partial charge is 0.356 e. The quantitative estimate of drug-likeness (QED) is 0.356. The monoisotopic (exact) mass is 507 g/mol. The van der Waals surface area contributed by atoms with Gasteiger partial charge in [0.25, 0.3) is 0 Å². The second kappa shape index (κ2) is 12.1. The second-order valence-corrected chi connectivity index (χ2v) is 7.76. The van der Waals surface area contributed by atoms with E-state index in [1.165, 1.54) is 16.7 Å². The van der Waals surface area contributed by atoms with E-state index >= 15 is 0 Å². The van der Waals surface area contributed by atoms with Gasteiger partial charge in [-0.1, -0.05) is 35.4 Å². The Balaban J connectivity index is 0.00000300. The number of hydrogen-bond acceptors (Lipinski definition) is 3. The lowest BCUT2D eigenvalue weighted by Gasteiger charge is -2.32. The highest BCUT2D eigenvalue weighted by Gasteiger charge is 2.20. The Hall–Kier alpha value is -1.67. The van der Waals surface area contributed by atoms with Gasteiger partial charge in [-0.15, -0.1) is 24.0 Å². The highest BCUT2D eigenvalue weighted by molar-refractivity contribution is 14.0. The van der Waals surface area contributed by atoms with Crippen molar-refractivity contribution >= 4 is 29.9 Å². The van der Waals surface area contributed by atoms with E-state index in [4.69, 9.17) is 0 Å². The Morgan fingerprint density at radius 2 is 1.86 bits per heavy atom. The van der Waals surface area contributed by atoms with Crippen LogP contribution in [0.15, 0.2) is 47.6 Å². The molecule has 0 aliphatic carbocycles. The van der Waals surface area contributed by atoms with Gasteiger partial charge in [-0.2, -0.15) is 0 Å². The molecule has 0 spiro atoms. The predicted octanol–water partition coefficient (Wildman–Crippen LogP) is 3.69. The highest BCUT2D eigenvalue weighted by Crippen LogP contribution is 2.13. The zero-order valence-electron chi connectivity index (χ0n) is 17.8. The zero-order chi connectivity index (χ0) is 19.8. The highest BCUT2D eigenvalue weighted by atomic mass is 127. The molecule has 2 heterocycles. The number of halogens is 1. The topological polar surface area (TPSA) is 52.6 Å². The summed E-state index contributed by atoms with van der Waals surface area (Å²) in [6, 6.07) is 13.4. The lowest BCUT2D eigenvalue weighted by molar-refractivity contribution is 0.196. The summed E-state index contributed by atoms with van der Waals surface area (Å²) in [6.45, 7) is 8.33. The summed E-state index contributed by atoms with van der Waals surface area (Å²) < 4.78 is 0. The third kappa shape index (κ3) is 7.93. The van der Waals surface area contributed by atoms with Crippen LogP contribution >= 0.6 is 24.0 Å². The molecule has 0 unspecified atom stereocenters. The van der Waals surface area contributed by atoms with Crippen molar-refractivity contribution in [1.82, 2.24) is 20.5 Å². The van der Waals surface area contributed by atoms with E-state index in [2.05, 4.69) is 69.7 Å². The number of aliphatic imine (C=N–C) groups is 1. The van der Waals surface area contributed by atoms with Gasteiger partial charge in [0, 0.05) is 45.5 Å². The van der Waals surface area contributed by atoms with Crippen LogP contribution in [-0.2, 0) is 13.0 Å². The Bertz CT molecular complexity index is 750. The van der Waals surface area contributed by atoms with Crippen LogP contribution in [0.4, 0.5) is 0 Å². The number of piperidine rings is 1. The standard InChI is InChI=1S/C23H33N5.HI/c1-18-14-19(2)16-20(15-18)7-11-26-23(24-3)27-21-8-12-28(13-9-21)17-22-6-4-5-10-25-22;/h4-6,10,14-16,21H,7-9,11-13,17H2,1-3H3,(H2,24,26,27);1H. The van der Waals surface area contributed by atoms with Crippen molar-refractivity contribution in [1.29, 1.82) is 0 Å². The molecule has 3 rings (SSSR count). The summed E-state index contributed by atoms with van der Waals surface area (Å²) in [5.41, 5.74) is 5.19. The van der Waals surface area contributed by atoms with Gasteiger partial charge in [0.15, 0.2) is 5.96 Å². The molecule has 2 aromatic rings. The van der Waals surface area contributed by atoms with Gasteiger partial charge in [-0.3, -0.25) is 14.9 Å². The number of benzene rings is 1. The van der Waals surface area contributed by atoms with Crippen molar-refractivity contribution in [3.05, 3.63) is 65.0 Å². The number of nitrogens with one attached hydrogen (secondary N) is 2. The van der Waals surface area contributed by atoms with Crippen molar-refractivity contribution in [2.24, 2.45) is 4.99 Å². The summed E-state index contributed by atoms with van der Waals surface area (Å²) in [7, 11) is 1.85. The molecule has 5 nitrogen and oxygen atoms in total. The number of guanidine groups is 1. The molecule has 29 heavy (non-hydrogen) atoms. The van der Waals surface area contributed by atoms with Gasteiger partial charge in [0.2, 0.25) is 0 Å². The van der Waals surface area contributed by atoms with E-state index in [1.54, 1.807) is 0 Å². The SMILES string of the molecule is CN=C(NCCc1cc(C)cc(C)c1)NC1CCN(Cc2ccccn2)CC1.I. The average molecular weight is 507 g/mol. The van der Waals surface area contributed by atoms with E-state index in [9.17, 15) is 0 Å². The Kier molecular flexibility index (Phi) is 9.87. The molecule has 0 bridgehead atoms. The van der Waals surface area contributed by atoms with Gasteiger partial charge >= 0.3 is 0 Å². The van der Waals surface area contributed by atoms with Crippen LogP contribution < -0.4 is 10.6 Å². The fraction of sp³-hybridized carbons (Fsp3) is 0.478. The first-order valence-corrected chi connectivity index (χ1v) is 10.3. The van der Waals surface area contributed by atoms with E-state index < -0.39 is 0 Å². The number of aromatic nitrogens is 1. The second-order valence-electron chi connectivity index (χ2n) is 7.76. The van der Waals surface area contributed by atoms with Gasteiger partial charge in [-0.05, 0) is 50.8 Å². The van der Waals surface area contributed by atoms with Crippen LogP contribution in [-0.4, -0.2) is 48.6 Å². The van der Waals surface area contributed by atoms with E-state index in [0.29, 0.717) is 6.04 Å². The smallest absolute Gasteiger partial charge is 0.191 e. The summed E-state index contributed by atoms with van der Waals surface area (Å²) in [4.78, 5) is 11.3. The third-order valence-corrected chi connectivity index (χ3v) is 5.25. The van der Waals surface area contributed by atoms with Gasteiger partial charge < -0.3 is 10.6 Å². The zero-order valence-corrected chi connectivity index (χ0v) is 20.1. The molecule has 1 fully saturated rings. The van der Waals surface area contributed by atoms with Crippen molar-refractivity contribution in [3.63, 3.8) is 0 Å². The first-order chi connectivity index (χ1) is 13.6. The maximum Gasteiger partial charge on any atom is 0.191 e. The Morgan fingerprint density at radius 3 is 2.48 bits per heavy atom. The maximum atomic E-state index is 4.44. The molecular weight excluding hydrogens is 473 g/mol. The third-order valence-electron chi connectivity index (χ3n) is 5.25. The minimum Gasteiger partial charge on any atom is -0.356 e. The van der Waals surface area contributed by atoms with Gasteiger partial charge in [-0.25, -0.2) is 0 Å². The van der Waals surface area contributed by atoms with E-state index in [-0.39, 0.29) is 24.0 Å². The Labute approximate surface area is 192 Å². The number of pyridine rings is 1. The summed E-state index contributed by atoms with van der Waals surface area (Å²) >= 11 is 0. The predicted molar refractivity (Wildman–Crippen MR) is 132 cm³/mol. The number of rotatable bonds is 6. The van der Waals surface area contributed by atoms with Crippen LogP contribution in [0.25, 0.3) is 0 Å². The minimum absolute atomic E-state index is 0. The van der Waals surface area contributed by atoms with Gasteiger partial charge in [0.05, 0.1) is 5.69 Å². The first-order valence-electron chi connectivity index (χ1n) is 10.3. The van der Waals surface area contributed by atoms with E-state index in [1.807, 2.05) is 19.3 Å². The molecule has 2 N–H and O–H groups in total. The minimum atomic E-state index is 0. The molecule has 158 valence electrons. The summed E-state index contributed by atoms with van der Waals surface area (Å²) in [5, 5.41) is 7.07. The van der Waals surface area contributed by atoms with Crippen molar-refractivity contribution < 1.29 is 0 Å². The molecule has 6 heteroatoms. The van der Waals surface area contributed by atoms with Crippen LogP contribution in [0.2, 0.25) is 0 Å². The van der Waals surface area contributed by atoms with Gasteiger partial charge in [0.1, 0.15) is 0 Å². The first kappa shape index (κ1) is 23.6. The molecule has 0 amide bonds. The van der Waals surface area contributed by atoms with Crippen LogP contribution in [0.5, 0.6) is 0 Å². The fourth-order valence-corrected chi connectivity index (χ4v) is 3.88. The fourth-order valence-electron chi connectivity index (χ4n) is 3.88. The molecule has 1 aromatic carbocycles. The summed E-state index contributed by atoms with van der Waals surface area (Å²) in [5.74, 6) is 0.910. The van der Waals surface area contributed by atoms with Crippen molar-refractivity contribution in [2.45, 2.75) is 45.7 Å². The molecule has 0 saturated carbocycles. The molecule has 1 saturated heterocycles. The number of likely N-dealkylation sites (tertiary alicyclic amines) is 1. The molecule has 1 aromatic heterocycles. The molecule has 1 aliphatic heterocycles. The maximum absolute atomic E-state index is 4.44. The number of aryl methyl sites for hydroxylation is 2. The van der Waals surface area contributed by atoms with E-state index in [0.717, 1.165) is 57.1 Å². The van der Waals surface area contributed by atoms with Crippen LogP contribution in [0.3, 0.4) is 0 Å². The van der Waals surface area contributed by atoms with Crippen LogP contribution in [0, 0.1) is 13.8 Å². The number of hydrogen-bond donors (Lipinski definition) is 2. The molecule has 0 radical (unpaired) electrons. The summed E-state index contributed by atoms with van der Waals surface area (Å²) in [6.07, 6.45) is 5.14. The normalized spacial score (nSPS) is 15.6.